The van der Waals surface area contributed by atoms with Gasteiger partial charge in [-0.05, 0) is 44.5 Å². The van der Waals surface area contributed by atoms with Crippen molar-refractivity contribution < 1.29 is 0 Å². The minimum absolute atomic E-state index is 0. The zero-order valence-electron chi connectivity index (χ0n) is 18.4. The highest BCUT2D eigenvalue weighted by Gasteiger charge is 2.25. The van der Waals surface area contributed by atoms with Gasteiger partial charge in [0.05, 0.1) is 12.6 Å². The van der Waals surface area contributed by atoms with Gasteiger partial charge in [0.2, 0.25) is 5.95 Å². The van der Waals surface area contributed by atoms with Gasteiger partial charge < -0.3 is 15.1 Å². The molecule has 1 unspecified atom stereocenters. The van der Waals surface area contributed by atoms with Crippen LogP contribution in [0.1, 0.15) is 31.4 Å². The number of rotatable bonds is 6. The topological polar surface area (TPSA) is 59.9 Å². The van der Waals surface area contributed by atoms with Crippen LogP contribution in [0.3, 0.4) is 0 Å². The number of nitrogens with one attached hydrogen (secondary N) is 1. The van der Waals surface area contributed by atoms with Gasteiger partial charge in [0.1, 0.15) is 0 Å². The third-order valence-corrected chi connectivity index (χ3v) is 5.93. The molecule has 31 heavy (non-hydrogen) atoms. The van der Waals surface area contributed by atoms with E-state index in [0.29, 0.717) is 6.04 Å². The molecule has 1 N–H and O–H groups in total. The maximum atomic E-state index is 5.10. The average Bonchev–Trinajstić information content (AvgIpc) is 3.35. The fraction of sp³-hybridized carbons (Fsp3) is 0.522. The summed E-state index contributed by atoms with van der Waals surface area (Å²) >= 11 is 0. The number of nitrogens with zero attached hydrogens (tertiary/aromatic N) is 6. The molecule has 0 spiro atoms. The molecule has 1 atom stereocenters. The van der Waals surface area contributed by atoms with Crippen LogP contribution in [0.5, 0.6) is 0 Å². The van der Waals surface area contributed by atoms with Crippen molar-refractivity contribution in [3.05, 3.63) is 54.4 Å². The third kappa shape index (κ3) is 6.29. The predicted molar refractivity (Wildman–Crippen MR) is 137 cm³/mol. The molecule has 4 rings (SSSR count). The molecule has 0 bridgehead atoms. The Balaban J connectivity index is 0.00000272. The second kappa shape index (κ2) is 12.2. The molecule has 0 amide bonds. The number of aromatic nitrogens is 2. The minimum Gasteiger partial charge on any atom is -0.357 e. The van der Waals surface area contributed by atoms with Crippen molar-refractivity contribution >= 4 is 35.9 Å². The van der Waals surface area contributed by atoms with Crippen molar-refractivity contribution in [1.82, 2.24) is 25.1 Å². The van der Waals surface area contributed by atoms with Crippen molar-refractivity contribution in [2.75, 3.05) is 57.3 Å². The Morgan fingerprint density at radius 2 is 1.65 bits per heavy atom. The highest BCUT2D eigenvalue weighted by Crippen LogP contribution is 2.25. The maximum Gasteiger partial charge on any atom is 0.225 e. The van der Waals surface area contributed by atoms with Crippen LogP contribution in [0.15, 0.2) is 53.8 Å². The number of piperazine rings is 1. The lowest BCUT2D eigenvalue weighted by atomic mass is 10.1. The summed E-state index contributed by atoms with van der Waals surface area (Å²) in [5, 5.41) is 3.51. The second-order valence-corrected chi connectivity index (χ2v) is 7.89. The molecule has 8 heteroatoms. The molecule has 168 valence electrons. The lowest BCUT2D eigenvalue weighted by Crippen LogP contribution is -2.53. The van der Waals surface area contributed by atoms with Gasteiger partial charge >= 0.3 is 0 Å². The van der Waals surface area contributed by atoms with Crippen molar-refractivity contribution in [3.63, 3.8) is 0 Å². The summed E-state index contributed by atoms with van der Waals surface area (Å²) in [4.78, 5) is 21.1. The van der Waals surface area contributed by atoms with Gasteiger partial charge in [-0.2, -0.15) is 0 Å². The minimum atomic E-state index is 0. The van der Waals surface area contributed by atoms with Crippen LogP contribution in [-0.4, -0.2) is 78.1 Å². The van der Waals surface area contributed by atoms with Crippen molar-refractivity contribution in [2.45, 2.75) is 25.8 Å². The maximum absolute atomic E-state index is 5.10. The summed E-state index contributed by atoms with van der Waals surface area (Å²) in [6, 6.07) is 13.1. The number of guanidine groups is 1. The summed E-state index contributed by atoms with van der Waals surface area (Å²) in [6.07, 6.45) is 6.19. The Kier molecular flexibility index (Phi) is 9.32. The molecule has 2 saturated heterocycles. The van der Waals surface area contributed by atoms with Gasteiger partial charge in [0.15, 0.2) is 5.96 Å². The summed E-state index contributed by atoms with van der Waals surface area (Å²) in [5.74, 6) is 1.84. The van der Waals surface area contributed by atoms with Crippen LogP contribution in [0, 0.1) is 0 Å². The summed E-state index contributed by atoms with van der Waals surface area (Å²) < 4.78 is 0. The van der Waals surface area contributed by atoms with Gasteiger partial charge in [-0.3, -0.25) is 9.89 Å². The van der Waals surface area contributed by atoms with Crippen LogP contribution in [0.25, 0.3) is 0 Å². The van der Waals surface area contributed by atoms with Crippen molar-refractivity contribution in [2.24, 2.45) is 4.99 Å². The van der Waals surface area contributed by atoms with Crippen LogP contribution in [0.4, 0.5) is 5.95 Å². The number of hydrogen-bond donors (Lipinski definition) is 1. The molecular formula is C23H34IN7. The predicted octanol–water partition coefficient (Wildman–Crippen LogP) is 3.02. The fourth-order valence-corrected chi connectivity index (χ4v) is 4.33. The number of benzene rings is 1. The number of halogens is 1. The largest absolute Gasteiger partial charge is 0.357 e. The first-order valence-electron chi connectivity index (χ1n) is 11.2. The average molecular weight is 535 g/mol. The van der Waals surface area contributed by atoms with Gasteiger partial charge in [-0.1, -0.05) is 30.3 Å². The van der Waals surface area contributed by atoms with Gasteiger partial charge in [-0.25, -0.2) is 9.97 Å². The van der Waals surface area contributed by atoms with Crippen LogP contribution in [-0.2, 0) is 0 Å². The summed E-state index contributed by atoms with van der Waals surface area (Å²) in [7, 11) is 0. The molecule has 2 aliphatic rings. The number of hydrogen-bond acceptors (Lipinski definition) is 5. The zero-order valence-corrected chi connectivity index (χ0v) is 20.7. The van der Waals surface area contributed by atoms with E-state index in [-0.39, 0.29) is 24.0 Å². The molecule has 0 radical (unpaired) electrons. The summed E-state index contributed by atoms with van der Waals surface area (Å²) in [5.41, 5.74) is 1.37. The Bertz CT molecular complexity index is 788. The van der Waals surface area contributed by atoms with Crippen LogP contribution >= 0.6 is 24.0 Å². The van der Waals surface area contributed by atoms with E-state index >= 15 is 0 Å². The molecule has 1 aromatic heterocycles. The highest BCUT2D eigenvalue weighted by molar-refractivity contribution is 14.0. The standard InChI is InChI=1S/C23H33N7.HI/c1-2-24-22(29-15-17-30(18-16-29)23-25-11-8-12-26-23)27-19-21(28-13-6-7-14-28)20-9-4-3-5-10-20;/h3-5,8-12,21H,2,6-7,13-19H2,1H3,(H,24,27);1H. The quantitative estimate of drug-likeness (QED) is 0.349. The van der Waals surface area contributed by atoms with Crippen molar-refractivity contribution in [1.29, 1.82) is 0 Å². The Morgan fingerprint density at radius 3 is 2.29 bits per heavy atom. The van der Waals surface area contributed by atoms with E-state index in [0.717, 1.165) is 51.2 Å². The first-order valence-corrected chi connectivity index (χ1v) is 11.2. The number of likely N-dealkylation sites (tertiary alicyclic amines) is 1. The van der Waals surface area contributed by atoms with E-state index < -0.39 is 0 Å². The molecule has 1 aromatic carbocycles. The zero-order chi connectivity index (χ0) is 20.6. The fourth-order valence-electron chi connectivity index (χ4n) is 4.33. The SMILES string of the molecule is CCNC(=NCC(c1ccccc1)N1CCCC1)N1CCN(c2ncccn2)CC1.I. The van der Waals surface area contributed by atoms with E-state index in [9.17, 15) is 0 Å². The Hall–Kier alpha value is -1.94. The monoisotopic (exact) mass is 535 g/mol. The Morgan fingerprint density at radius 1 is 0.968 bits per heavy atom. The van der Waals surface area contributed by atoms with Gasteiger partial charge in [-0.15, -0.1) is 24.0 Å². The highest BCUT2D eigenvalue weighted by atomic mass is 127. The molecule has 2 aliphatic heterocycles. The second-order valence-electron chi connectivity index (χ2n) is 7.89. The lowest BCUT2D eigenvalue weighted by molar-refractivity contribution is 0.250. The van der Waals surface area contributed by atoms with Crippen LogP contribution in [0.2, 0.25) is 0 Å². The third-order valence-electron chi connectivity index (χ3n) is 5.93. The molecular weight excluding hydrogens is 501 g/mol. The van der Waals surface area contributed by atoms with E-state index in [2.05, 4.69) is 67.2 Å². The normalized spacial score (nSPS) is 18.5. The molecule has 2 fully saturated rings. The summed E-state index contributed by atoms with van der Waals surface area (Å²) in [6.45, 7) is 9.79. The first-order chi connectivity index (χ1) is 14.8. The van der Waals surface area contributed by atoms with Gasteiger partial charge in [0, 0.05) is 45.1 Å². The molecule has 7 nitrogen and oxygen atoms in total. The van der Waals surface area contributed by atoms with Gasteiger partial charge in [0.25, 0.3) is 0 Å². The molecule has 0 saturated carbocycles. The number of anilines is 1. The molecule has 0 aliphatic carbocycles. The van der Waals surface area contributed by atoms with E-state index in [1.54, 1.807) is 0 Å². The van der Waals surface area contributed by atoms with Crippen LogP contribution < -0.4 is 10.2 Å². The molecule has 3 heterocycles. The Labute approximate surface area is 203 Å². The van der Waals surface area contributed by atoms with E-state index in [1.165, 1.54) is 31.5 Å². The molecule has 2 aromatic rings. The lowest BCUT2D eigenvalue weighted by Gasteiger charge is -2.36. The van der Waals surface area contributed by atoms with E-state index in [1.807, 2.05) is 18.5 Å². The smallest absolute Gasteiger partial charge is 0.225 e. The van der Waals surface area contributed by atoms with E-state index in [4.69, 9.17) is 4.99 Å². The first kappa shape index (κ1) is 23.7. The van der Waals surface area contributed by atoms with Crippen molar-refractivity contribution in [3.8, 4) is 0 Å². The number of aliphatic imine (C=N–C) groups is 1.